The Kier molecular flexibility index (Phi) is 23.7. The summed E-state index contributed by atoms with van der Waals surface area (Å²) in [5.74, 6) is -4.75. The van der Waals surface area contributed by atoms with Crippen LogP contribution in [0.15, 0.2) is 108 Å². The molecule has 0 amide bonds. The summed E-state index contributed by atoms with van der Waals surface area (Å²) in [6.07, 6.45) is 6.06. The smallest absolute Gasteiger partial charge is 0.870 e. The molecule has 21 nitrogen and oxygen atoms in total. The zero-order valence-electron chi connectivity index (χ0n) is 30.3. The number of benzene rings is 2. The number of sulfone groups is 1. The molecule has 29 heteroatoms. The monoisotopic (exact) mass is 936 g/mol. The molecule has 1 radical (unpaired) electrons. The van der Waals surface area contributed by atoms with Gasteiger partial charge in [-0.2, -0.15) is 39.8 Å². The maximum absolute atomic E-state index is 14.3. The molecular formula is C29H23CuFN9Na3O12S3. The number of carbonyl (C=O) groups is 1. The van der Waals surface area contributed by atoms with Crippen molar-refractivity contribution in [1.82, 2.24) is 15.0 Å². The van der Waals surface area contributed by atoms with Gasteiger partial charge >= 0.3 is 112 Å². The molecule has 0 atom stereocenters. The first-order valence-corrected chi connectivity index (χ1v) is 19.1. The number of ether oxygens (including phenoxy) is 1. The van der Waals surface area contributed by atoms with E-state index < -0.39 is 92.1 Å². The van der Waals surface area contributed by atoms with E-state index in [1.807, 2.05) is 0 Å². The minimum Gasteiger partial charge on any atom is -0.870 e. The number of nitrogens with zero attached hydrogens (tertiary/aromatic N) is 7. The number of hydrogen-bond acceptors (Lipinski definition) is 21. The van der Waals surface area contributed by atoms with Crippen LogP contribution in [0.3, 0.4) is 0 Å². The Bertz CT molecular complexity index is 2480. The molecule has 2 aromatic carbocycles. The Hall–Kier alpha value is -2.47. The first-order valence-electron chi connectivity index (χ1n) is 14.6. The van der Waals surface area contributed by atoms with Crippen molar-refractivity contribution in [1.29, 1.82) is 0 Å². The second kappa shape index (κ2) is 24.7. The van der Waals surface area contributed by atoms with Crippen LogP contribution in [-0.4, -0.2) is 80.8 Å². The van der Waals surface area contributed by atoms with Gasteiger partial charge in [-0.05, 0) is 30.3 Å². The summed E-state index contributed by atoms with van der Waals surface area (Å²) < 4.78 is 113. The molecule has 0 fully saturated rings. The minimum absolute atomic E-state index is 0. The normalized spacial score (nSPS) is 13.3. The largest absolute Gasteiger partial charge is 2.00 e. The van der Waals surface area contributed by atoms with Crippen LogP contribution in [0, 0.1) is 12.5 Å². The third-order valence-corrected chi connectivity index (χ3v) is 9.38. The number of carboxylic acids is 1. The van der Waals surface area contributed by atoms with Gasteiger partial charge in [0, 0.05) is 23.2 Å². The number of aromatic carboxylic acids is 1. The van der Waals surface area contributed by atoms with Crippen molar-refractivity contribution < 1.29 is 164 Å². The fourth-order valence-corrected chi connectivity index (χ4v) is 5.47. The first-order chi connectivity index (χ1) is 25.4. The van der Waals surface area contributed by atoms with Gasteiger partial charge < -0.3 is 39.5 Å². The molecule has 1 aromatic heterocycles. The van der Waals surface area contributed by atoms with E-state index in [-0.39, 0.29) is 143 Å². The SMILES string of the molecule is C=CS(=O)(=O)CCOCCNc1nc(F)nc(Nc2cc(S(=O)(=O)[O-])cc(N=N/C(N=Nc3cc(S(=O)(=O)[O-])ccc3C(=O)[O-])=C3\C=CC=C[CH-]3)c2[O-])n1.[Cu+2].[Na+].[Na+].[Na+]. The Morgan fingerprint density at radius 1 is 0.897 bits per heavy atom. The Morgan fingerprint density at radius 2 is 1.52 bits per heavy atom. The minimum atomic E-state index is -5.28. The van der Waals surface area contributed by atoms with Gasteiger partial charge in [-0.25, -0.2) is 25.3 Å². The maximum Gasteiger partial charge on any atom is 2.00 e. The molecule has 295 valence electrons. The second-order valence-electron chi connectivity index (χ2n) is 10.2. The number of halogens is 1. The fraction of sp³-hybridized carbons (Fsp3) is 0.138. The predicted octanol–water partition coefficient (Wildman–Crippen LogP) is -7.59. The molecule has 0 unspecified atom stereocenters. The van der Waals surface area contributed by atoms with Crippen LogP contribution in [0.25, 0.3) is 0 Å². The average molecular weight is 937 g/mol. The molecule has 1 heterocycles. The summed E-state index contributed by atoms with van der Waals surface area (Å²) in [6, 6.07) is 3.25. The van der Waals surface area contributed by atoms with Crippen molar-refractivity contribution >= 4 is 65.0 Å². The molecule has 0 saturated carbocycles. The van der Waals surface area contributed by atoms with E-state index in [0.29, 0.717) is 18.2 Å². The Balaban J connectivity index is 0.00000812. The molecule has 0 saturated heterocycles. The zero-order chi connectivity index (χ0) is 39.7. The van der Waals surface area contributed by atoms with Gasteiger partial charge in [0.1, 0.15) is 26.1 Å². The molecule has 0 bridgehead atoms. The van der Waals surface area contributed by atoms with E-state index >= 15 is 0 Å². The van der Waals surface area contributed by atoms with Gasteiger partial charge in [0.05, 0.1) is 46.1 Å². The van der Waals surface area contributed by atoms with Crippen LogP contribution in [0.1, 0.15) is 10.4 Å². The summed E-state index contributed by atoms with van der Waals surface area (Å²) >= 11 is 0. The number of nitrogens with one attached hydrogen (secondary N) is 2. The molecule has 3 aromatic rings. The predicted molar refractivity (Wildman–Crippen MR) is 178 cm³/mol. The van der Waals surface area contributed by atoms with Crippen LogP contribution < -0.4 is 110 Å². The van der Waals surface area contributed by atoms with E-state index in [1.165, 1.54) is 24.6 Å². The average Bonchev–Trinajstić information content (AvgIpc) is 3.10. The number of carboxylic acid groups (broad SMARTS) is 1. The van der Waals surface area contributed by atoms with Gasteiger partial charge in [0.2, 0.25) is 11.9 Å². The topological polar surface area (TPSA) is 333 Å². The third-order valence-electron chi connectivity index (χ3n) is 6.50. The van der Waals surface area contributed by atoms with Crippen LogP contribution in [0.5, 0.6) is 5.75 Å². The second-order valence-corrected chi connectivity index (χ2v) is 15.1. The first kappa shape index (κ1) is 55.5. The number of anilines is 3. The number of carbonyl (C=O) groups excluding carboxylic acids is 1. The number of rotatable bonds is 17. The van der Waals surface area contributed by atoms with E-state index in [0.717, 1.165) is 17.5 Å². The Labute approximate surface area is 407 Å². The van der Waals surface area contributed by atoms with E-state index in [9.17, 15) is 53.8 Å². The van der Waals surface area contributed by atoms with Crippen molar-refractivity contribution in [3.63, 3.8) is 0 Å². The molecular weight excluding hydrogens is 914 g/mol. The van der Waals surface area contributed by atoms with Crippen molar-refractivity contribution in [2.45, 2.75) is 9.79 Å². The standard InChI is InChI=1S/C29H27FN9O12S3.Cu.3Na/c1-2-52(43,44)13-12-51-11-10-31-28-33-27(30)34-29(35-28)32-22-15-19(54(48,49)50)16-23(24(22)40)37-39-25(17-6-4-3-5-7-17)38-36-21-14-18(53(45,46)47)8-9-20(21)26(41)42;;;;/h2-9,14-16,40H,1,10-13H2,(H,41,42)(H,45,46,47)(H,48,49,50)(H2,31,32,33,34,35);;;;/q-1;+2;3*+1/p-4. The maximum atomic E-state index is 14.3. The van der Waals surface area contributed by atoms with Crippen LogP contribution in [0.2, 0.25) is 0 Å². The summed E-state index contributed by atoms with van der Waals surface area (Å²) in [5.41, 5.74) is -2.67. The molecule has 4 rings (SSSR count). The molecule has 0 aliphatic heterocycles. The summed E-state index contributed by atoms with van der Waals surface area (Å²) in [5, 5.41) is 45.6. The molecule has 2 N–H and O–H groups in total. The Morgan fingerprint density at radius 3 is 2.10 bits per heavy atom. The van der Waals surface area contributed by atoms with Crippen LogP contribution in [0.4, 0.5) is 33.3 Å². The van der Waals surface area contributed by atoms with Gasteiger partial charge in [-0.3, -0.25) is 0 Å². The van der Waals surface area contributed by atoms with Gasteiger partial charge in [0.25, 0.3) is 0 Å². The van der Waals surface area contributed by atoms with Gasteiger partial charge in [0.15, 0.2) is 9.84 Å². The zero-order valence-corrected chi connectivity index (χ0v) is 39.7. The number of allylic oxidation sites excluding steroid dienone is 5. The fourth-order valence-electron chi connectivity index (χ4n) is 3.95. The van der Waals surface area contributed by atoms with Crippen molar-refractivity contribution in [3.05, 3.63) is 96.1 Å². The summed E-state index contributed by atoms with van der Waals surface area (Å²) in [6.45, 7) is 2.89. The molecule has 1 aliphatic rings. The molecule has 0 spiro atoms. The van der Waals surface area contributed by atoms with Crippen molar-refractivity contribution in [2.24, 2.45) is 20.5 Å². The van der Waals surface area contributed by atoms with Crippen LogP contribution in [-0.2, 0) is 51.9 Å². The number of azo groups is 2. The quantitative estimate of drug-likeness (QED) is 0.0417. The van der Waals surface area contributed by atoms with Crippen molar-refractivity contribution in [2.75, 3.05) is 36.1 Å². The van der Waals surface area contributed by atoms with Crippen LogP contribution >= 0.6 is 0 Å². The molecule has 58 heavy (non-hydrogen) atoms. The summed E-state index contributed by atoms with van der Waals surface area (Å²) in [7, 11) is -13.8. The van der Waals surface area contributed by atoms with E-state index in [2.05, 4.69) is 52.6 Å². The van der Waals surface area contributed by atoms with Gasteiger partial charge in [-0.15, -0.1) is 36.3 Å². The number of aromatic nitrogens is 3. The van der Waals surface area contributed by atoms with E-state index in [4.69, 9.17) is 4.74 Å². The van der Waals surface area contributed by atoms with E-state index in [1.54, 1.807) is 6.08 Å². The number of hydrogen-bond donors (Lipinski definition) is 2. The third kappa shape index (κ3) is 16.9. The van der Waals surface area contributed by atoms with Gasteiger partial charge in [-0.1, -0.05) is 12.3 Å². The molecule has 1 aliphatic carbocycles. The summed E-state index contributed by atoms with van der Waals surface area (Å²) in [4.78, 5) is 20.4. The van der Waals surface area contributed by atoms with Crippen molar-refractivity contribution in [3.8, 4) is 5.75 Å².